The Balaban J connectivity index is 2.47. The lowest BCUT2D eigenvalue weighted by molar-refractivity contribution is 0.595. The summed E-state index contributed by atoms with van der Waals surface area (Å²) in [5, 5.41) is 0.199. The molecule has 0 aliphatic carbocycles. The lowest BCUT2D eigenvalue weighted by Gasteiger charge is -2.12. The highest BCUT2D eigenvalue weighted by molar-refractivity contribution is 9.10. The molecule has 2 aromatic rings. The molecule has 0 fully saturated rings. The number of benzene rings is 2. The molecule has 0 spiro atoms. The summed E-state index contributed by atoms with van der Waals surface area (Å²) in [6, 6.07) is 5.94. The monoisotopic (exact) mass is 412 g/mol. The van der Waals surface area contributed by atoms with Crippen molar-refractivity contribution in [3.05, 3.63) is 50.7 Å². The van der Waals surface area contributed by atoms with Crippen molar-refractivity contribution in [2.75, 3.05) is 10.5 Å². The highest BCUT2D eigenvalue weighted by atomic mass is 79.9. The molecule has 2 aromatic carbocycles. The molecular weight excluding hydrogens is 406 g/mol. The summed E-state index contributed by atoms with van der Waals surface area (Å²) in [5.41, 5.74) is 5.43. The van der Waals surface area contributed by atoms with E-state index >= 15 is 0 Å². The molecule has 0 radical (unpaired) electrons. The predicted octanol–water partition coefficient (Wildman–Crippen LogP) is 4.28. The summed E-state index contributed by atoms with van der Waals surface area (Å²) in [6.07, 6.45) is 0. The quantitative estimate of drug-likeness (QED) is 0.737. The number of nitrogens with one attached hydrogen (secondary N) is 1. The van der Waals surface area contributed by atoms with Gasteiger partial charge in [0.1, 0.15) is 5.82 Å². The first-order chi connectivity index (χ1) is 9.69. The maximum Gasteiger partial charge on any atom is 0.262 e. The van der Waals surface area contributed by atoms with Gasteiger partial charge in [0.15, 0.2) is 0 Å². The van der Waals surface area contributed by atoms with Gasteiger partial charge in [0.25, 0.3) is 10.0 Å². The first-order valence-electron chi connectivity index (χ1n) is 5.42. The fraction of sp³-hybridized carbons (Fsp3) is 0. The minimum absolute atomic E-state index is 0.00404. The van der Waals surface area contributed by atoms with Gasteiger partial charge < -0.3 is 5.73 Å². The largest absolute Gasteiger partial charge is 0.399 e. The lowest BCUT2D eigenvalue weighted by atomic mass is 10.3. The summed E-state index contributed by atoms with van der Waals surface area (Å²) in [4.78, 5) is -0.324. The highest BCUT2D eigenvalue weighted by Crippen LogP contribution is 2.35. The van der Waals surface area contributed by atoms with Gasteiger partial charge in [-0.25, -0.2) is 12.8 Å². The van der Waals surface area contributed by atoms with E-state index in [9.17, 15) is 12.8 Å². The first-order valence-corrected chi connectivity index (χ1v) is 8.46. The Hall–Kier alpha value is -1.02. The predicted molar refractivity (Wildman–Crippen MR) is 85.8 cm³/mol. The normalized spacial score (nSPS) is 11.4. The second-order valence-corrected chi connectivity index (χ2v) is 7.48. The van der Waals surface area contributed by atoms with Crippen molar-refractivity contribution in [1.29, 1.82) is 0 Å². The Morgan fingerprint density at radius 1 is 1.10 bits per heavy atom. The third-order valence-corrected chi connectivity index (χ3v) is 4.83. The van der Waals surface area contributed by atoms with Gasteiger partial charge >= 0.3 is 0 Å². The second-order valence-electron chi connectivity index (χ2n) is 4.07. The van der Waals surface area contributed by atoms with Gasteiger partial charge in [0, 0.05) is 10.2 Å². The van der Waals surface area contributed by atoms with Gasteiger partial charge in [-0.1, -0.05) is 39.1 Å². The molecule has 0 bridgehead atoms. The van der Waals surface area contributed by atoms with E-state index in [1.807, 2.05) is 0 Å². The summed E-state index contributed by atoms with van der Waals surface area (Å²) >= 11 is 15.1. The minimum Gasteiger partial charge on any atom is -0.399 e. The Morgan fingerprint density at radius 2 is 1.67 bits per heavy atom. The molecule has 0 aliphatic heterocycles. The number of sulfonamides is 1. The molecule has 9 heteroatoms. The van der Waals surface area contributed by atoms with E-state index in [0.717, 1.165) is 18.2 Å². The molecule has 0 saturated carbocycles. The van der Waals surface area contributed by atoms with Crippen molar-refractivity contribution in [2.45, 2.75) is 4.90 Å². The van der Waals surface area contributed by atoms with Crippen LogP contribution in [0.25, 0.3) is 0 Å². The van der Waals surface area contributed by atoms with Crippen molar-refractivity contribution in [1.82, 2.24) is 0 Å². The van der Waals surface area contributed by atoms with Crippen LogP contribution in [-0.4, -0.2) is 8.42 Å². The topological polar surface area (TPSA) is 72.2 Å². The van der Waals surface area contributed by atoms with E-state index in [-0.39, 0.29) is 26.3 Å². The Kier molecular flexibility index (Phi) is 4.67. The van der Waals surface area contributed by atoms with E-state index in [0.29, 0.717) is 4.47 Å². The van der Waals surface area contributed by atoms with E-state index < -0.39 is 15.8 Å². The maximum absolute atomic E-state index is 13.3. The van der Waals surface area contributed by atoms with Crippen LogP contribution in [0.2, 0.25) is 10.0 Å². The summed E-state index contributed by atoms with van der Waals surface area (Å²) < 4.78 is 40.6. The van der Waals surface area contributed by atoms with Gasteiger partial charge in [0.05, 0.1) is 20.6 Å². The molecule has 0 aliphatic rings. The Morgan fingerprint density at radius 3 is 2.19 bits per heavy atom. The van der Waals surface area contributed by atoms with Crippen LogP contribution in [0.3, 0.4) is 0 Å². The maximum atomic E-state index is 13.3. The van der Waals surface area contributed by atoms with E-state index in [2.05, 4.69) is 20.7 Å². The van der Waals surface area contributed by atoms with Gasteiger partial charge in [-0.05, 0) is 30.3 Å². The molecule has 112 valence electrons. The van der Waals surface area contributed by atoms with E-state index in [1.165, 1.54) is 12.1 Å². The van der Waals surface area contributed by atoms with Crippen LogP contribution in [0.4, 0.5) is 15.8 Å². The summed E-state index contributed by atoms with van der Waals surface area (Å²) in [6.45, 7) is 0. The molecule has 0 saturated heterocycles. The van der Waals surface area contributed by atoms with Gasteiger partial charge in [0.2, 0.25) is 0 Å². The molecule has 2 rings (SSSR count). The van der Waals surface area contributed by atoms with Gasteiger partial charge in [-0.15, -0.1) is 0 Å². The van der Waals surface area contributed by atoms with Crippen LogP contribution < -0.4 is 10.5 Å². The van der Waals surface area contributed by atoms with Crippen molar-refractivity contribution in [2.24, 2.45) is 0 Å². The van der Waals surface area contributed by atoms with Crippen LogP contribution in [0.1, 0.15) is 0 Å². The second kappa shape index (κ2) is 6.00. The standard InChI is InChI=1S/C12H8BrCl2FN2O2S/c13-6-1-10(14)12(11(15)2-6)18-21(19,20)9-4-7(16)3-8(17)5-9/h1-5,18H,17H2. The van der Waals surface area contributed by atoms with E-state index in [4.69, 9.17) is 28.9 Å². The van der Waals surface area contributed by atoms with Crippen LogP contribution in [0, 0.1) is 5.82 Å². The number of hydrogen-bond donors (Lipinski definition) is 2. The summed E-state index contributed by atoms with van der Waals surface area (Å²) in [7, 11) is -4.07. The molecular formula is C12H8BrCl2FN2O2S. The highest BCUT2D eigenvalue weighted by Gasteiger charge is 2.19. The van der Waals surface area contributed by atoms with Crippen molar-refractivity contribution in [3.63, 3.8) is 0 Å². The van der Waals surface area contributed by atoms with Crippen LogP contribution in [0.5, 0.6) is 0 Å². The van der Waals surface area contributed by atoms with Crippen LogP contribution in [-0.2, 0) is 10.0 Å². The van der Waals surface area contributed by atoms with E-state index in [1.54, 1.807) is 0 Å². The molecule has 21 heavy (non-hydrogen) atoms. The number of hydrogen-bond acceptors (Lipinski definition) is 3. The van der Waals surface area contributed by atoms with Crippen molar-refractivity contribution < 1.29 is 12.8 Å². The van der Waals surface area contributed by atoms with Crippen LogP contribution in [0.15, 0.2) is 39.7 Å². The van der Waals surface area contributed by atoms with Crippen LogP contribution >= 0.6 is 39.1 Å². The smallest absolute Gasteiger partial charge is 0.262 e. The zero-order chi connectivity index (χ0) is 15.8. The van der Waals surface area contributed by atoms with Gasteiger partial charge in [-0.2, -0.15) is 0 Å². The minimum atomic E-state index is -4.07. The zero-order valence-electron chi connectivity index (χ0n) is 10.2. The molecule has 4 nitrogen and oxygen atoms in total. The van der Waals surface area contributed by atoms with Crippen molar-refractivity contribution >= 4 is 60.5 Å². The first kappa shape index (κ1) is 16.4. The molecule has 3 N–H and O–H groups in total. The molecule has 0 amide bonds. The third kappa shape index (κ3) is 3.79. The SMILES string of the molecule is Nc1cc(F)cc(S(=O)(=O)Nc2c(Cl)cc(Br)cc2Cl)c1. The number of rotatable bonds is 3. The fourth-order valence-corrected chi connectivity index (χ4v) is 4.15. The average Bonchev–Trinajstić information content (AvgIpc) is 2.32. The number of nitrogens with two attached hydrogens (primary N) is 1. The lowest BCUT2D eigenvalue weighted by Crippen LogP contribution is -2.14. The molecule has 0 unspecified atom stereocenters. The van der Waals surface area contributed by atoms with Gasteiger partial charge in [-0.3, -0.25) is 4.72 Å². The molecule has 0 atom stereocenters. The Bertz CT molecular complexity index is 772. The summed E-state index contributed by atoms with van der Waals surface area (Å²) in [5.74, 6) is -0.761. The third-order valence-electron chi connectivity index (χ3n) is 2.45. The molecule has 0 aromatic heterocycles. The fourth-order valence-electron chi connectivity index (χ4n) is 1.57. The zero-order valence-corrected chi connectivity index (χ0v) is 14.1. The average molecular weight is 414 g/mol. The number of nitrogen functional groups attached to an aromatic ring is 1. The van der Waals surface area contributed by atoms with Crippen molar-refractivity contribution in [3.8, 4) is 0 Å². The number of halogens is 4. The Labute approximate surface area is 139 Å². The molecule has 0 heterocycles. The number of anilines is 2.